The second kappa shape index (κ2) is 6.61. The molecule has 1 N–H and O–H groups in total. The van der Waals surface area contributed by atoms with Crippen LogP contribution in [-0.2, 0) is 6.42 Å². The maximum Gasteiger partial charge on any atom is 0.256 e. The summed E-state index contributed by atoms with van der Waals surface area (Å²) in [5, 5.41) is 1.42. The standard InChI is InChI=1S/C20H19NO2/c1-14-6-4-7-15(12-14)8-5-11-19(22)18-13-16-9-2-3-10-17(16)20(23)21-18/h2-4,6-7,9-10,12-13H,5,8,11H2,1H3,(H,21,23). The summed E-state index contributed by atoms with van der Waals surface area (Å²) in [6.45, 7) is 2.06. The third kappa shape index (κ3) is 3.57. The lowest BCUT2D eigenvalue weighted by Crippen LogP contribution is -2.13. The van der Waals surface area contributed by atoms with Crippen molar-refractivity contribution >= 4 is 16.6 Å². The van der Waals surface area contributed by atoms with Gasteiger partial charge in [0.1, 0.15) is 0 Å². The first-order chi connectivity index (χ1) is 11.1. The highest BCUT2D eigenvalue weighted by molar-refractivity contribution is 5.97. The Morgan fingerprint density at radius 1 is 1.04 bits per heavy atom. The molecule has 0 aliphatic carbocycles. The molecule has 116 valence electrons. The first kappa shape index (κ1) is 15.2. The minimum absolute atomic E-state index is 0.0134. The molecule has 0 amide bonds. The van der Waals surface area contributed by atoms with Crippen LogP contribution in [0, 0.1) is 6.92 Å². The van der Waals surface area contributed by atoms with Crippen LogP contribution in [0.15, 0.2) is 59.4 Å². The van der Waals surface area contributed by atoms with E-state index in [1.54, 1.807) is 12.1 Å². The SMILES string of the molecule is Cc1cccc(CCCC(=O)c2cc3ccccc3c(=O)[nH]2)c1. The molecule has 2 aromatic carbocycles. The number of carbonyl (C=O) groups excluding carboxylic acids is 1. The summed E-state index contributed by atoms with van der Waals surface area (Å²) in [6, 6.07) is 17.4. The van der Waals surface area contributed by atoms with Crippen LogP contribution in [0.25, 0.3) is 10.8 Å². The minimum Gasteiger partial charge on any atom is -0.319 e. The number of nitrogens with one attached hydrogen (secondary N) is 1. The van der Waals surface area contributed by atoms with Gasteiger partial charge in [0.15, 0.2) is 5.78 Å². The first-order valence-electron chi connectivity index (χ1n) is 7.84. The number of benzene rings is 2. The number of hydrogen-bond donors (Lipinski definition) is 1. The molecule has 0 atom stereocenters. The highest BCUT2D eigenvalue weighted by atomic mass is 16.1. The molecule has 3 nitrogen and oxygen atoms in total. The second-order valence-electron chi connectivity index (χ2n) is 5.87. The Labute approximate surface area is 135 Å². The molecule has 0 saturated heterocycles. The van der Waals surface area contributed by atoms with Crippen LogP contribution in [0.4, 0.5) is 0 Å². The zero-order valence-corrected chi connectivity index (χ0v) is 13.1. The fourth-order valence-electron chi connectivity index (χ4n) is 2.82. The Kier molecular flexibility index (Phi) is 4.38. The molecule has 0 spiro atoms. The molecule has 0 radical (unpaired) electrons. The highest BCUT2D eigenvalue weighted by Gasteiger charge is 2.09. The Hall–Kier alpha value is -2.68. The third-order valence-electron chi connectivity index (χ3n) is 4.01. The number of aromatic nitrogens is 1. The summed E-state index contributed by atoms with van der Waals surface area (Å²) in [5.41, 5.74) is 2.67. The van der Waals surface area contributed by atoms with Crippen molar-refractivity contribution in [2.45, 2.75) is 26.2 Å². The lowest BCUT2D eigenvalue weighted by atomic mass is 10.0. The molecule has 0 fully saturated rings. The lowest BCUT2D eigenvalue weighted by Gasteiger charge is -2.04. The fourth-order valence-corrected chi connectivity index (χ4v) is 2.82. The zero-order valence-electron chi connectivity index (χ0n) is 13.1. The normalized spacial score (nSPS) is 10.8. The van der Waals surface area contributed by atoms with E-state index in [9.17, 15) is 9.59 Å². The Bertz CT molecular complexity index is 909. The predicted molar refractivity (Wildman–Crippen MR) is 93.0 cm³/mol. The molecule has 0 aliphatic heterocycles. The van der Waals surface area contributed by atoms with Crippen molar-refractivity contribution in [1.82, 2.24) is 4.98 Å². The number of hydrogen-bond acceptors (Lipinski definition) is 2. The van der Waals surface area contributed by atoms with Gasteiger partial charge in [-0.3, -0.25) is 9.59 Å². The van der Waals surface area contributed by atoms with E-state index in [0.717, 1.165) is 18.2 Å². The van der Waals surface area contributed by atoms with Gasteiger partial charge in [-0.25, -0.2) is 0 Å². The Balaban J connectivity index is 1.70. The number of aryl methyl sites for hydroxylation is 2. The molecule has 0 aliphatic rings. The van der Waals surface area contributed by atoms with Crippen molar-refractivity contribution in [3.8, 4) is 0 Å². The molecule has 3 heteroatoms. The number of carbonyl (C=O) groups is 1. The van der Waals surface area contributed by atoms with Crippen molar-refractivity contribution in [3.05, 3.63) is 81.8 Å². The van der Waals surface area contributed by atoms with Crippen LogP contribution >= 0.6 is 0 Å². The number of fused-ring (bicyclic) bond motifs is 1. The molecule has 1 aromatic heterocycles. The second-order valence-corrected chi connectivity index (χ2v) is 5.87. The third-order valence-corrected chi connectivity index (χ3v) is 4.01. The smallest absolute Gasteiger partial charge is 0.256 e. The van der Waals surface area contributed by atoms with Crippen LogP contribution in [0.1, 0.15) is 34.5 Å². The van der Waals surface area contributed by atoms with E-state index in [2.05, 4.69) is 30.1 Å². The molecule has 0 saturated carbocycles. The van der Waals surface area contributed by atoms with Gasteiger partial charge in [0.05, 0.1) is 5.69 Å². The number of rotatable bonds is 5. The predicted octanol–water partition coefficient (Wildman–Crippen LogP) is 4.04. The molecule has 3 rings (SSSR count). The van der Waals surface area contributed by atoms with Gasteiger partial charge in [-0.15, -0.1) is 0 Å². The van der Waals surface area contributed by atoms with Crippen molar-refractivity contribution < 1.29 is 4.79 Å². The van der Waals surface area contributed by atoms with Crippen molar-refractivity contribution in [3.63, 3.8) is 0 Å². The van der Waals surface area contributed by atoms with Gasteiger partial charge in [0.2, 0.25) is 0 Å². The number of pyridine rings is 1. The molecule has 3 aromatic rings. The van der Waals surface area contributed by atoms with Gasteiger partial charge in [-0.1, -0.05) is 48.0 Å². The fraction of sp³-hybridized carbons (Fsp3) is 0.200. The van der Waals surface area contributed by atoms with Gasteiger partial charge in [-0.2, -0.15) is 0 Å². The first-order valence-corrected chi connectivity index (χ1v) is 7.84. The van der Waals surface area contributed by atoms with E-state index in [-0.39, 0.29) is 11.3 Å². The van der Waals surface area contributed by atoms with Gasteiger partial charge >= 0.3 is 0 Å². The molecular formula is C20H19NO2. The molecule has 0 bridgehead atoms. The number of Topliss-reactive ketones (excluding diaryl/α,β-unsaturated/α-hetero) is 1. The number of ketones is 1. The minimum atomic E-state index is -0.204. The average Bonchev–Trinajstić information content (AvgIpc) is 2.55. The highest BCUT2D eigenvalue weighted by Crippen LogP contribution is 2.13. The summed E-state index contributed by atoms with van der Waals surface area (Å²) >= 11 is 0. The zero-order chi connectivity index (χ0) is 16.2. The summed E-state index contributed by atoms with van der Waals surface area (Å²) < 4.78 is 0. The maximum absolute atomic E-state index is 12.3. The quantitative estimate of drug-likeness (QED) is 0.723. The topological polar surface area (TPSA) is 49.9 Å². The van der Waals surface area contributed by atoms with Crippen molar-refractivity contribution in [2.75, 3.05) is 0 Å². The van der Waals surface area contributed by atoms with E-state index in [4.69, 9.17) is 0 Å². The Morgan fingerprint density at radius 2 is 1.87 bits per heavy atom. The Morgan fingerprint density at radius 3 is 2.70 bits per heavy atom. The number of H-pyrrole nitrogens is 1. The summed E-state index contributed by atoms with van der Waals surface area (Å²) in [4.78, 5) is 27.1. The maximum atomic E-state index is 12.3. The molecule has 23 heavy (non-hydrogen) atoms. The van der Waals surface area contributed by atoms with E-state index in [1.807, 2.05) is 24.3 Å². The van der Waals surface area contributed by atoms with Crippen molar-refractivity contribution in [1.29, 1.82) is 0 Å². The monoisotopic (exact) mass is 305 g/mol. The van der Waals surface area contributed by atoms with Crippen LogP contribution < -0.4 is 5.56 Å². The molecule has 1 heterocycles. The van der Waals surface area contributed by atoms with Gasteiger partial charge in [-0.05, 0) is 42.8 Å². The van der Waals surface area contributed by atoms with Crippen LogP contribution in [0.2, 0.25) is 0 Å². The van der Waals surface area contributed by atoms with E-state index >= 15 is 0 Å². The van der Waals surface area contributed by atoms with Crippen LogP contribution in [0.5, 0.6) is 0 Å². The van der Waals surface area contributed by atoms with Gasteiger partial charge < -0.3 is 4.98 Å². The summed E-state index contributed by atoms with van der Waals surface area (Å²) in [5.74, 6) is -0.0134. The van der Waals surface area contributed by atoms with Crippen LogP contribution in [0.3, 0.4) is 0 Å². The van der Waals surface area contributed by atoms with E-state index < -0.39 is 0 Å². The number of aromatic amines is 1. The summed E-state index contributed by atoms with van der Waals surface area (Å²) in [6.07, 6.45) is 2.07. The van der Waals surface area contributed by atoms with Gasteiger partial charge in [0, 0.05) is 11.8 Å². The molecule has 0 unspecified atom stereocenters. The summed E-state index contributed by atoms with van der Waals surface area (Å²) in [7, 11) is 0. The van der Waals surface area contributed by atoms with Crippen LogP contribution in [-0.4, -0.2) is 10.8 Å². The largest absolute Gasteiger partial charge is 0.319 e. The van der Waals surface area contributed by atoms with Crippen molar-refractivity contribution in [2.24, 2.45) is 0 Å². The van der Waals surface area contributed by atoms with E-state index in [1.165, 1.54) is 11.1 Å². The van der Waals surface area contributed by atoms with E-state index in [0.29, 0.717) is 17.5 Å². The molecular weight excluding hydrogens is 286 g/mol. The average molecular weight is 305 g/mol. The lowest BCUT2D eigenvalue weighted by molar-refractivity contribution is 0.0975. The van der Waals surface area contributed by atoms with Gasteiger partial charge in [0.25, 0.3) is 5.56 Å².